The van der Waals surface area contributed by atoms with Gasteiger partial charge in [0.2, 0.25) is 0 Å². The van der Waals surface area contributed by atoms with E-state index >= 15 is 0 Å². The highest BCUT2D eigenvalue weighted by atomic mass is 16.4. The average Bonchev–Trinajstić information content (AvgIpc) is 2.87. The van der Waals surface area contributed by atoms with E-state index in [0.717, 1.165) is 23.4 Å². The van der Waals surface area contributed by atoms with Crippen LogP contribution in [0.3, 0.4) is 0 Å². The van der Waals surface area contributed by atoms with Crippen molar-refractivity contribution < 1.29 is 9.21 Å². The van der Waals surface area contributed by atoms with Gasteiger partial charge in [-0.05, 0) is 6.42 Å². The van der Waals surface area contributed by atoms with Crippen LogP contribution in [0.2, 0.25) is 0 Å². The van der Waals surface area contributed by atoms with Crippen LogP contribution in [0.1, 0.15) is 25.0 Å². The number of nitrogens with zero attached hydrogens (tertiary/aromatic N) is 1. The van der Waals surface area contributed by atoms with Crippen molar-refractivity contribution in [2.75, 3.05) is 13.1 Å². The van der Waals surface area contributed by atoms with Gasteiger partial charge in [0.15, 0.2) is 5.89 Å². The lowest BCUT2D eigenvalue weighted by molar-refractivity contribution is 0.241. The molecule has 1 heterocycles. The Kier molecular flexibility index (Phi) is 5.37. The van der Waals surface area contributed by atoms with E-state index in [1.54, 1.807) is 0 Å². The van der Waals surface area contributed by atoms with Crippen LogP contribution in [0.25, 0.3) is 11.3 Å². The molecule has 0 saturated heterocycles. The zero-order valence-electron chi connectivity index (χ0n) is 12.5. The van der Waals surface area contributed by atoms with Crippen molar-refractivity contribution in [2.45, 2.75) is 26.7 Å². The lowest BCUT2D eigenvalue weighted by Crippen LogP contribution is -2.36. The fourth-order valence-electron chi connectivity index (χ4n) is 2.05. The van der Waals surface area contributed by atoms with Gasteiger partial charge >= 0.3 is 6.03 Å². The van der Waals surface area contributed by atoms with Crippen LogP contribution < -0.4 is 10.6 Å². The molecular weight excluding hydrogens is 266 g/mol. The van der Waals surface area contributed by atoms with Crippen LogP contribution in [0.15, 0.2) is 34.7 Å². The maximum Gasteiger partial charge on any atom is 0.314 e. The Labute approximate surface area is 124 Å². The van der Waals surface area contributed by atoms with Gasteiger partial charge in [0.1, 0.15) is 11.5 Å². The topological polar surface area (TPSA) is 67.2 Å². The normalized spacial score (nSPS) is 10.4. The monoisotopic (exact) mass is 287 g/mol. The first-order chi connectivity index (χ1) is 10.2. The Balaban J connectivity index is 1.96. The van der Waals surface area contributed by atoms with Crippen LogP contribution >= 0.6 is 0 Å². The SMILES string of the molecule is CCCNC(=O)NCCc1oc(C)nc1-c1ccccc1. The standard InChI is InChI=1S/C16H21N3O2/c1-3-10-17-16(20)18-11-9-14-15(19-12(2)21-14)13-7-5-4-6-8-13/h4-8H,3,9-11H2,1-2H3,(H2,17,18,20). The van der Waals surface area contributed by atoms with Gasteiger partial charge in [0.05, 0.1) is 0 Å². The molecule has 0 aliphatic rings. The molecular formula is C16H21N3O2. The first kappa shape index (κ1) is 15.1. The van der Waals surface area contributed by atoms with Crippen molar-refractivity contribution >= 4 is 6.03 Å². The summed E-state index contributed by atoms with van der Waals surface area (Å²) in [5.41, 5.74) is 1.88. The van der Waals surface area contributed by atoms with Gasteiger partial charge in [-0.15, -0.1) is 0 Å². The van der Waals surface area contributed by atoms with Crippen LogP contribution in [0, 0.1) is 6.92 Å². The van der Waals surface area contributed by atoms with E-state index in [4.69, 9.17) is 4.42 Å². The van der Waals surface area contributed by atoms with Gasteiger partial charge < -0.3 is 15.1 Å². The number of urea groups is 1. The molecule has 2 amide bonds. The Hall–Kier alpha value is -2.30. The molecule has 0 saturated carbocycles. The van der Waals surface area contributed by atoms with E-state index in [9.17, 15) is 4.79 Å². The van der Waals surface area contributed by atoms with Gasteiger partial charge in [-0.25, -0.2) is 9.78 Å². The number of amides is 2. The number of hydrogen-bond donors (Lipinski definition) is 2. The number of carbonyl (C=O) groups excluding carboxylic acids is 1. The number of rotatable bonds is 6. The highest BCUT2D eigenvalue weighted by Gasteiger charge is 2.12. The summed E-state index contributed by atoms with van der Waals surface area (Å²) >= 11 is 0. The molecule has 0 spiro atoms. The third-order valence-corrected chi connectivity index (χ3v) is 3.02. The minimum Gasteiger partial charge on any atom is -0.445 e. The number of aromatic nitrogens is 1. The van der Waals surface area contributed by atoms with Crippen molar-refractivity contribution in [3.05, 3.63) is 42.0 Å². The maximum atomic E-state index is 11.5. The predicted molar refractivity (Wildman–Crippen MR) is 82.1 cm³/mol. The number of benzene rings is 1. The molecule has 5 heteroatoms. The van der Waals surface area contributed by atoms with E-state index in [-0.39, 0.29) is 6.03 Å². The van der Waals surface area contributed by atoms with E-state index in [2.05, 4.69) is 15.6 Å². The van der Waals surface area contributed by atoms with Crippen LogP contribution in [0.5, 0.6) is 0 Å². The molecule has 0 radical (unpaired) electrons. The number of nitrogens with one attached hydrogen (secondary N) is 2. The minimum absolute atomic E-state index is 0.144. The van der Waals surface area contributed by atoms with Crippen LogP contribution in [0.4, 0.5) is 4.79 Å². The molecule has 2 N–H and O–H groups in total. The van der Waals surface area contributed by atoms with E-state index in [1.807, 2.05) is 44.2 Å². The molecule has 1 aromatic heterocycles. The van der Waals surface area contributed by atoms with Gasteiger partial charge in [-0.3, -0.25) is 0 Å². The van der Waals surface area contributed by atoms with Gasteiger partial charge in [0, 0.05) is 32.0 Å². The summed E-state index contributed by atoms with van der Waals surface area (Å²) in [5, 5.41) is 5.59. The molecule has 5 nitrogen and oxygen atoms in total. The molecule has 0 fully saturated rings. The molecule has 2 aromatic rings. The van der Waals surface area contributed by atoms with Crippen molar-refractivity contribution in [2.24, 2.45) is 0 Å². The Morgan fingerprint density at radius 2 is 1.90 bits per heavy atom. The summed E-state index contributed by atoms with van der Waals surface area (Å²) in [6, 6.07) is 9.77. The molecule has 0 bridgehead atoms. The fraction of sp³-hybridized carbons (Fsp3) is 0.375. The first-order valence-corrected chi connectivity index (χ1v) is 7.24. The average molecular weight is 287 g/mol. The zero-order chi connectivity index (χ0) is 15.1. The van der Waals surface area contributed by atoms with E-state index in [1.165, 1.54) is 0 Å². The van der Waals surface area contributed by atoms with Gasteiger partial charge in [-0.2, -0.15) is 0 Å². The number of carbonyl (C=O) groups is 1. The summed E-state index contributed by atoms with van der Waals surface area (Å²) in [6.45, 7) is 5.05. The molecule has 21 heavy (non-hydrogen) atoms. The summed E-state index contributed by atoms with van der Waals surface area (Å²) in [5.74, 6) is 1.44. The van der Waals surface area contributed by atoms with E-state index in [0.29, 0.717) is 25.4 Å². The first-order valence-electron chi connectivity index (χ1n) is 7.24. The molecule has 0 atom stereocenters. The molecule has 1 aromatic carbocycles. The molecule has 0 aliphatic carbocycles. The number of hydrogen-bond acceptors (Lipinski definition) is 3. The van der Waals surface area contributed by atoms with Crippen molar-refractivity contribution in [1.29, 1.82) is 0 Å². The molecule has 0 unspecified atom stereocenters. The third-order valence-electron chi connectivity index (χ3n) is 3.02. The van der Waals surface area contributed by atoms with Gasteiger partial charge in [0.25, 0.3) is 0 Å². The second-order valence-corrected chi connectivity index (χ2v) is 4.80. The third kappa shape index (κ3) is 4.34. The molecule has 2 rings (SSSR count). The second kappa shape index (κ2) is 7.47. The predicted octanol–water partition coefficient (Wildman–Crippen LogP) is 2.90. The Morgan fingerprint density at radius 1 is 1.19 bits per heavy atom. The minimum atomic E-state index is -0.144. The largest absolute Gasteiger partial charge is 0.445 e. The Bertz CT molecular complexity index is 578. The second-order valence-electron chi connectivity index (χ2n) is 4.80. The lowest BCUT2D eigenvalue weighted by Gasteiger charge is -2.06. The smallest absolute Gasteiger partial charge is 0.314 e. The Morgan fingerprint density at radius 3 is 2.62 bits per heavy atom. The summed E-state index contributed by atoms with van der Waals surface area (Å²) in [7, 11) is 0. The summed E-state index contributed by atoms with van der Waals surface area (Å²) in [4.78, 5) is 15.9. The van der Waals surface area contributed by atoms with E-state index < -0.39 is 0 Å². The van der Waals surface area contributed by atoms with Gasteiger partial charge in [-0.1, -0.05) is 37.3 Å². The van der Waals surface area contributed by atoms with Crippen molar-refractivity contribution in [3.63, 3.8) is 0 Å². The molecule has 112 valence electrons. The van der Waals surface area contributed by atoms with Crippen molar-refractivity contribution in [1.82, 2.24) is 15.6 Å². The number of oxazole rings is 1. The summed E-state index contributed by atoms with van der Waals surface area (Å²) in [6.07, 6.45) is 1.54. The maximum absolute atomic E-state index is 11.5. The van der Waals surface area contributed by atoms with Crippen LogP contribution in [-0.4, -0.2) is 24.1 Å². The summed E-state index contributed by atoms with van der Waals surface area (Å²) < 4.78 is 5.65. The zero-order valence-corrected chi connectivity index (χ0v) is 12.5. The highest BCUT2D eigenvalue weighted by molar-refractivity contribution is 5.73. The fourth-order valence-corrected chi connectivity index (χ4v) is 2.05. The molecule has 0 aliphatic heterocycles. The van der Waals surface area contributed by atoms with Crippen LogP contribution in [-0.2, 0) is 6.42 Å². The highest BCUT2D eigenvalue weighted by Crippen LogP contribution is 2.23. The quantitative estimate of drug-likeness (QED) is 0.858. The lowest BCUT2D eigenvalue weighted by atomic mass is 10.1. The number of aryl methyl sites for hydroxylation is 1. The van der Waals surface area contributed by atoms with Crippen molar-refractivity contribution in [3.8, 4) is 11.3 Å².